The van der Waals surface area contributed by atoms with Crippen molar-refractivity contribution < 1.29 is 9.21 Å². The van der Waals surface area contributed by atoms with Gasteiger partial charge in [-0.05, 0) is 24.3 Å². The van der Waals surface area contributed by atoms with Gasteiger partial charge in [0.15, 0.2) is 5.76 Å². The minimum absolute atomic E-state index is 0.0227. The summed E-state index contributed by atoms with van der Waals surface area (Å²) in [7, 11) is 0. The Bertz CT molecular complexity index is 590. The van der Waals surface area contributed by atoms with Crippen molar-refractivity contribution in [2.75, 3.05) is 18.1 Å². The van der Waals surface area contributed by atoms with Crippen LogP contribution in [-0.4, -0.2) is 29.9 Å². The molecule has 0 radical (unpaired) electrons. The molecule has 2 aromatic rings. The number of Topliss-reactive ketones (excluding diaryl/α,β-unsaturated/α-hetero) is 1. The van der Waals surface area contributed by atoms with Gasteiger partial charge in [-0.3, -0.25) is 4.79 Å². The Morgan fingerprint density at radius 1 is 1.44 bits per heavy atom. The molecule has 1 atom stereocenters. The summed E-state index contributed by atoms with van der Waals surface area (Å²) in [6, 6.07) is 6.98. The van der Waals surface area contributed by atoms with Gasteiger partial charge in [-0.2, -0.15) is 11.8 Å². The van der Waals surface area contributed by atoms with Gasteiger partial charge >= 0.3 is 0 Å². The average molecular weight is 282 g/mol. The molecular weight excluding hydrogens is 270 g/mol. The number of ketones is 1. The number of carbonyl (C=O) groups is 1. The standard InChI is InChI=1S/C13H12ClNO2S/c14-9-1-2-11-8(5-9)6-12(17-11)13(16)10-7-18-4-3-15-10/h1-2,5-6,10,15H,3-4,7H2. The number of carbonyl (C=O) groups excluding carboxylic acids is 1. The maximum Gasteiger partial charge on any atom is 0.215 e. The predicted molar refractivity (Wildman–Crippen MR) is 74.7 cm³/mol. The number of rotatable bonds is 2. The Hall–Kier alpha value is -0.970. The number of fused-ring (bicyclic) bond motifs is 1. The van der Waals surface area contributed by atoms with E-state index < -0.39 is 0 Å². The van der Waals surface area contributed by atoms with E-state index in [9.17, 15) is 4.79 Å². The summed E-state index contributed by atoms with van der Waals surface area (Å²) in [5.74, 6) is 2.29. The van der Waals surface area contributed by atoms with Gasteiger partial charge in [-0.25, -0.2) is 0 Å². The third-order valence-corrected chi connectivity index (χ3v) is 4.26. The summed E-state index contributed by atoms with van der Waals surface area (Å²) in [5.41, 5.74) is 0.700. The first-order chi connectivity index (χ1) is 8.74. The molecule has 5 heteroatoms. The first kappa shape index (κ1) is 12.1. The molecule has 0 amide bonds. The summed E-state index contributed by atoms with van der Waals surface area (Å²) in [6.07, 6.45) is 0. The molecule has 18 heavy (non-hydrogen) atoms. The van der Waals surface area contributed by atoms with Crippen LogP contribution in [0.4, 0.5) is 0 Å². The van der Waals surface area contributed by atoms with Gasteiger partial charge in [0.05, 0.1) is 6.04 Å². The van der Waals surface area contributed by atoms with Crippen LogP contribution in [0, 0.1) is 0 Å². The zero-order valence-electron chi connectivity index (χ0n) is 9.61. The van der Waals surface area contributed by atoms with Gasteiger partial charge in [-0.1, -0.05) is 11.6 Å². The van der Waals surface area contributed by atoms with Crippen molar-refractivity contribution in [2.45, 2.75) is 6.04 Å². The van der Waals surface area contributed by atoms with Crippen LogP contribution < -0.4 is 5.32 Å². The lowest BCUT2D eigenvalue weighted by atomic mass is 10.1. The van der Waals surface area contributed by atoms with Gasteiger partial charge in [0, 0.05) is 28.5 Å². The Morgan fingerprint density at radius 3 is 3.11 bits per heavy atom. The predicted octanol–water partition coefficient (Wildman–Crippen LogP) is 2.97. The summed E-state index contributed by atoms with van der Waals surface area (Å²) in [5, 5.41) is 4.73. The molecule has 1 aliphatic rings. The van der Waals surface area contributed by atoms with E-state index in [4.69, 9.17) is 16.0 Å². The molecule has 1 saturated heterocycles. The van der Waals surface area contributed by atoms with Gasteiger partial charge in [0.25, 0.3) is 0 Å². The number of hydrogen-bond donors (Lipinski definition) is 1. The zero-order valence-corrected chi connectivity index (χ0v) is 11.2. The minimum Gasteiger partial charge on any atom is -0.453 e. The summed E-state index contributed by atoms with van der Waals surface area (Å²) in [6.45, 7) is 0.868. The smallest absolute Gasteiger partial charge is 0.215 e. The lowest BCUT2D eigenvalue weighted by Gasteiger charge is -2.20. The van der Waals surface area contributed by atoms with Gasteiger partial charge < -0.3 is 9.73 Å². The van der Waals surface area contributed by atoms with E-state index in [1.165, 1.54) is 0 Å². The number of nitrogens with one attached hydrogen (secondary N) is 1. The largest absolute Gasteiger partial charge is 0.453 e. The van der Waals surface area contributed by atoms with Crippen LogP contribution in [0.5, 0.6) is 0 Å². The molecule has 1 unspecified atom stereocenters. The minimum atomic E-state index is -0.139. The second-order valence-corrected chi connectivity index (χ2v) is 5.82. The molecule has 1 aromatic heterocycles. The van der Waals surface area contributed by atoms with Crippen molar-refractivity contribution in [1.82, 2.24) is 5.32 Å². The van der Waals surface area contributed by atoms with Crippen LogP contribution in [0.1, 0.15) is 10.6 Å². The van der Waals surface area contributed by atoms with Crippen LogP contribution in [0.2, 0.25) is 5.02 Å². The second kappa shape index (κ2) is 4.96. The molecule has 2 heterocycles. The number of hydrogen-bond acceptors (Lipinski definition) is 4. The molecule has 3 rings (SSSR count). The Labute approximate surface area is 114 Å². The highest BCUT2D eigenvalue weighted by Gasteiger charge is 2.25. The molecule has 1 aromatic carbocycles. The van der Waals surface area contributed by atoms with E-state index in [-0.39, 0.29) is 11.8 Å². The monoisotopic (exact) mass is 281 g/mol. The quantitative estimate of drug-likeness (QED) is 0.860. The molecule has 0 aliphatic carbocycles. The number of thioether (sulfide) groups is 1. The van der Waals surface area contributed by atoms with E-state index >= 15 is 0 Å². The Morgan fingerprint density at radius 2 is 2.33 bits per heavy atom. The molecule has 0 saturated carbocycles. The SMILES string of the molecule is O=C(c1cc2cc(Cl)ccc2o1)C1CSCCN1. The molecule has 1 N–H and O–H groups in total. The van der Waals surface area contributed by atoms with E-state index in [1.54, 1.807) is 36.0 Å². The Balaban J connectivity index is 1.91. The number of furan rings is 1. The first-order valence-corrected chi connectivity index (χ1v) is 7.32. The molecule has 0 bridgehead atoms. The van der Waals surface area contributed by atoms with Crippen molar-refractivity contribution in [3.8, 4) is 0 Å². The fourth-order valence-corrected chi connectivity index (χ4v) is 3.16. The normalized spacial score (nSPS) is 20.2. The van der Waals surface area contributed by atoms with Crippen molar-refractivity contribution in [3.05, 3.63) is 35.0 Å². The summed E-state index contributed by atoms with van der Waals surface area (Å²) in [4.78, 5) is 12.3. The van der Waals surface area contributed by atoms with Gasteiger partial charge in [-0.15, -0.1) is 0 Å². The second-order valence-electron chi connectivity index (χ2n) is 4.24. The van der Waals surface area contributed by atoms with E-state index in [0.29, 0.717) is 16.4 Å². The average Bonchev–Trinajstić information content (AvgIpc) is 2.81. The van der Waals surface area contributed by atoms with E-state index in [2.05, 4.69) is 5.32 Å². The molecule has 1 fully saturated rings. The molecule has 3 nitrogen and oxygen atoms in total. The molecule has 94 valence electrons. The highest BCUT2D eigenvalue weighted by molar-refractivity contribution is 7.99. The molecule has 0 spiro atoms. The lowest BCUT2D eigenvalue weighted by molar-refractivity contribution is 0.0927. The molecular formula is C13H12ClNO2S. The Kier molecular flexibility index (Phi) is 3.33. The maximum absolute atomic E-state index is 12.3. The van der Waals surface area contributed by atoms with Crippen molar-refractivity contribution in [1.29, 1.82) is 0 Å². The van der Waals surface area contributed by atoms with Gasteiger partial charge in [0.1, 0.15) is 5.58 Å². The number of halogens is 1. The third kappa shape index (κ3) is 2.28. The zero-order chi connectivity index (χ0) is 12.5. The fraction of sp³-hybridized carbons (Fsp3) is 0.308. The van der Waals surface area contributed by atoms with Crippen LogP contribution in [0.25, 0.3) is 11.0 Å². The van der Waals surface area contributed by atoms with Crippen molar-refractivity contribution in [3.63, 3.8) is 0 Å². The van der Waals surface area contributed by atoms with Crippen LogP contribution in [0.3, 0.4) is 0 Å². The molecule has 1 aliphatic heterocycles. The highest BCUT2D eigenvalue weighted by atomic mass is 35.5. The van der Waals surface area contributed by atoms with Crippen LogP contribution >= 0.6 is 23.4 Å². The summed E-state index contributed by atoms with van der Waals surface area (Å²) >= 11 is 7.70. The van der Waals surface area contributed by atoms with Crippen LogP contribution in [0.15, 0.2) is 28.7 Å². The maximum atomic E-state index is 12.3. The third-order valence-electron chi connectivity index (χ3n) is 2.96. The summed E-state index contributed by atoms with van der Waals surface area (Å²) < 4.78 is 5.58. The van der Waals surface area contributed by atoms with Crippen molar-refractivity contribution in [2.24, 2.45) is 0 Å². The fourth-order valence-electron chi connectivity index (χ4n) is 2.04. The van der Waals surface area contributed by atoms with Gasteiger partial charge in [0.2, 0.25) is 5.78 Å². The highest BCUT2D eigenvalue weighted by Crippen LogP contribution is 2.24. The van der Waals surface area contributed by atoms with E-state index in [1.807, 2.05) is 0 Å². The van der Waals surface area contributed by atoms with Crippen molar-refractivity contribution >= 4 is 40.1 Å². The first-order valence-electron chi connectivity index (χ1n) is 5.78. The lowest BCUT2D eigenvalue weighted by Crippen LogP contribution is -2.43. The van der Waals surface area contributed by atoms with E-state index in [0.717, 1.165) is 23.4 Å². The van der Waals surface area contributed by atoms with Crippen LogP contribution in [-0.2, 0) is 0 Å². The topological polar surface area (TPSA) is 42.2 Å². The number of benzene rings is 1.